The predicted octanol–water partition coefficient (Wildman–Crippen LogP) is 4.67. The van der Waals surface area contributed by atoms with Crippen LogP contribution in [0.2, 0.25) is 5.02 Å². The molecule has 0 aliphatic rings. The summed E-state index contributed by atoms with van der Waals surface area (Å²) in [5.41, 5.74) is 1.74. The average Bonchev–Trinajstić information content (AvgIpc) is 3.27. The Hall–Kier alpha value is -2.63. The molecular weight excluding hydrogens is 354 g/mol. The lowest BCUT2D eigenvalue weighted by Crippen LogP contribution is -2.23. The van der Waals surface area contributed by atoms with Crippen molar-refractivity contribution in [1.29, 1.82) is 0 Å². The lowest BCUT2D eigenvalue weighted by Gasteiger charge is -2.08. The van der Waals surface area contributed by atoms with Gasteiger partial charge in [0.2, 0.25) is 0 Å². The maximum atomic E-state index is 12.8. The smallest absolute Gasteiger partial charge is 0.263 e. The maximum absolute atomic E-state index is 12.8. The van der Waals surface area contributed by atoms with Gasteiger partial charge in [0, 0.05) is 35.5 Å². The van der Waals surface area contributed by atoms with Gasteiger partial charge in [0.15, 0.2) is 0 Å². The minimum Gasteiger partial charge on any atom is -0.347 e. The van der Waals surface area contributed by atoms with Crippen LogP contribution < -0.4 is 5.32 Å². The normalized spacial score (nSPS) is 10.9. The van der Waals surface area contributed by atoms with E-state index in [-0.39, 0.29) is 5.91 Å². The monoisotopic (exact) mass is 367 g/mol. The summed E-state index contributed by atoms with van der Waals surface area (Å²) in [4.78, 5) is 18.7. The van der Waals surface area contributed by atoms with Crippen LogP contribution in [0.15, 0.2) is 67.1 Å². The molecular formula is C19H14ClN3OS. The van der Waals surface area contributed by atoms with Crippen molar-refractivity contribution in [2.24, 2.45) is 0 Å². The number of pyridine rings is 1. The maximum Gasteiger partial charge on any atom is 0.263 e. The largest absolute Gasteiger partial charge is 0.347 e. The van der Waals surface area contributed by atoms with Crippen LogP contribution in [-0.4, -0.2) is 15.5 Å². The number of rotatable bonds is 4. The zero-order valence-electron chi connectivity index (χ0n) is 13.1. The van der Waals surface area contributed by atoms with Gasteiger partial charge in [-0.3, -0.25) is 4.79 Å². The quantitative estimate of drug-likeness (QED) is 0.569. The summed E-state index contributed by atoms with van der Waals surface area (Å²) in [5, 5.41) is 4.57. The van der Waals surface area contributed by atoms with Gasteiger partial charge < -0.3 is 9.88 Å². The highest BCUT2D eigenvalue weighted by Gasteiger charge is 2.20. The predicted molar refractivity (Wildman–Crippen MR) is 102 cm³/mol. The van der Waals surface area contributed by atoms with E-state index < -0.39 is 0 Å². The molecule has 4 aromatic rings. The molecule has 3 aromatic heterocycles. The van der Waals surface area contributed by atoms with Gasteiger partial charge in [-0.1, -0.05) is 29.8 Å². The first-order valence-corrected chi connectivity index (χ1v) is 8.96. The van der Waals surface area contributed by atoms with Crippen molar-refractivity contribution in [1.82, 2.24) is 14.9 Å². The molecule has 1 N–H and O–H groups in total. The van der Waals surface area contributed by atoms with Gasteiger partial charge in [-0.2, -0.15) is 0 Å². The number of aromatic nitrogens is 2. The third-order valence-corrected chi connectivity index (χ3v) is 5.38. The molecule has 4 rings (SSSR count). The van der Waals surface area contributed by atoms with Gasteiger partial charge in [-0.15, -0.1) is 11.3 Å². The molecule has 1 amide bonds. The summed E-state index contributed by atoms with van der Waals surface area (Å²) in [7, 11) is 0. The Kier molecular flexibility index (Phi) is 4.26. The van der Waals surface area contributed by atoms with Crippen LogP contribution in [0.3, 0.4) is 0 Å². The number of benzene rings is 1. The lowest BCUT2D eigenvalue weighted by atomic mass is 10.2. The van der Waals surface area contributed by atoms with Crippen molar-refractivity contribution < 1.29 is 4.79 Å². The molecule has 3 heterocycles. The number of carbonyl (C=O) groups is 1. The average molecular weight is 368 g/mol. The number of nitrogens with zero attached hydrogens (tertiary/aromatic N) is 2. The van der Waals surface area contributed by atoms with Crippen LogP contribution >= 0.6 is 22.9 Å². The number of amides is 1. The second-order valence-electron chi connectivity index (χ2n) is 5.50. The van der Waals surface area contributed by atoms with E-state index in [1.54, 1.807) is 6.20 Å². The van der Waals surface area contributed by atoms with Gasteiger partial charge >= 0.3 is 0 Å². The first kappa shape index (κ1) is 15.9. The molecule has 0 aliphatic carbocycles. The molecule has 0 fully saturated rings. The van der Waals surface area contributed by atoms with Crippen LogP contribution in [0.25, 0.3) is 15.9 Å². The van der Waals surface area contributed by atoms with E-state index in [4.69, 9.17) is 11.6 Å². The number of halogens is 1. The van der Waals surface area contributed by atoms with Crippen LogP contribution in [0, 0.1) is 0 Å². The Balaban J connectivity index is 1.70. The van der Waals surface area contributed by atoms with E-state index in [0.29, 0.717) is 16.4 Å². The number of thiophene rings is 1. The lowest BCUT2D eigenvalue weighted by molar-refractivity contribution is 0.0955. The molecule has 6 heteroatoms. The highest BCUT2D eigenvalue weighted by molar-refractivity contribution is 7.21. The number of nitrogens with one attached hydrogen (secondary N) is 1. The second-order valence-corrected chi connectivity index (χ2v) is 6.91. The zero-order chi connectivity index (χ0) is 17.2. The van der Waals surface area contributed by atoms with E-state index in [1.165, 1.54) is 11.3 Å². The summed E-state index contributed by atoms with van der Waals surface area (Å²) < 4.78 is 1.95. The van der Waals surface area contributed by atoms with E-state index in [1.807, 2.05) is 65.5 Å². The Morgan fingerprint density at radius 3 is 2.72 bits per heavy atom. The third-order valence-electron chi connectivity index (χ3n) is 3.91. The zero-order valence-corrected chi connectivity index (χ0v) is 14.7. The highest BCUT2D eigenvalue weighted by atomic mass is 35.5. The first-order chi connectivity index (χ1) is 12.2. The molecule has 0 aliphatic heterocycles. The number of fused-ring (bicyclic) bond motifs is 1. The third kappa shape index (κ3) is 3.04. The summed E-state index contributed by atoms with van der Waals surface area (Å²) in [6.07, 6.45) is 5.60. The SMILES string of the molecule is O=C(NCc1ccccc1Cl)c1sc2ncccc2c1-n1cccc1. The van der Waals surface area contributed by atoms with Gasteiger partial charge in [-0.05, 0) is 35.9 Å². The molecule has 0 saturated carbocycles. The molecule has 25 heavy (non-hydrogen) atoms. The summed E-state index contributed by atoms with van der Waals surface area (Å²) >= 11 is 7.56. The number of carbonyl (C=O) groups excluding carboxylic acids is 1. The molecule has 0 saturated heterocycles. The van der Waals surface area contributed by atoms with E-state index in [0.717, 1.165) is 21.5 Å². The fourth-order valence-electron chi connectivity index (χ4n) is 2.71. The number of hydrogen-bond donors (Lipinski definition) is 1. The molecule has 0 unspecified atom stereocenters. The Morgan fingerprint density at radius 2 is 1.92 bits per heavy atom. The second kappa shape index (κ2) is 6.70. The van der Waals surface area contributed by atoms with Crippen molar-refractivity contribution >= 4 is 39.1 Å². The van der Waals surface area contributed by atoms with Crippen LogP contribution in [0.5, 0.6) is 0 Å². The summed E-state index contributed by atoms with van der Waals surface area (Å²) in [6.45, 7) is 0.380. The highest BCUT2D eigenvalue weighted by Crippen LogP contribution is 2.33. The van der Waals surface area contributed by atoms with Crippen molar-refractivity contribution in [3.8, 4) is 5.69 Å². The summed E-state index contributed by atoms with van der Waals surface area (Å²) in [6, 6.07) is 15.2. The van der Waals surface area contributed by atoms with Crippen molar-refractivity contribution in [3.63, 3.8) is 0 Å². The Morgan fingerprint density at radius 1 is 1.12 bits per heavy atom. The van der Waals surface area contributed by atoms with Crippen molar-refractivity contribution in [3.05, 3.63) is 82.6 Å². The van der Waals surface area contributed by atoms with E-state index in [2.05, 4.69) is 10.3 Å². The van der Waals surface area contributed by atoms with Crippen molar-refractivity contribution in [2.75, 3.05) is 0 Å². The van der Waals surface area contributed by atoms with Gasteiger partial charge in [-0.25, -0.2) is 4.98 Å². The standard InChI is InChI=1S/C19H14ClN3OS/c20-15-8-2-1-6-13(15)12-22-18(24)17-16(23-10-3-4-11-23)14-7-5-9-21-19(14)25-17/h1-11H,12H2,(H,22,24). The van der Waals surface area contributed by atoms with Crippen molar-refractivity contribution in [2.45, 2.75) is 6.54 Å². The van der Waals surface area contributed by atoms with E-state index >= 15 is 0 Å². The minimum atomic E-state index is -0.133. The van der Waals surface area contributed by atoms with Gasteiger partial charge in [0.1, 0.15) is 9.71 Å². The van der Waals surface area contributed by atoms with Gasteiger partial charge in [0.25, 0.3) is 5.91 Å². The molecule has 0 bridgehead atoms. The molecule has 0 atom stereocenters. The topological polar surface area (TPSA) is 46.9 Å². The fourth-order valence-corrected chi connectivity index (χ4v) is 3.97. The fraction of sp³-hybridized carbons (Fsp3) is 0.0526. The van der Waals surface area contributed by atoms with Crippen LogP contribution in [0.4, 0.5) is 0 Å². The van der Waals surface area contributed by atoms with Crippen LogP contribution in [-0.2, 0) is 6.54 Å². The van der Waals surface area contributed by atoms with E-state index in [9.17, 15) is 4.79 Å². The Bertz CT molecular complexity index is 1040. The molecule has 124 valence electrons. The molecule has 1 aromatic carbocycles. The molecule has 0 radical (unpaired) electrons. The minimum absolute atomic E-state index is 0.133. The number of hydrogen-bond acceptors (Lipinski definition) is 3. The first-order valence-electron chi connectivity index (χ1n) is 7.76. The van der Waals surface area contributed by atoms with Crippen LogP contribution in [0.1, 0.15) is 15.2 Å². The Labute approximate surface area is 153 Å². The van der Waals surface area contributed by atoms with Gasteiger partial charge in [0.05, 0.1) is 5.69 Å². The molecule has 0 spiro atoms. The summed E-state index contributed by atoms with van der Waals surface area (Å²) in [5.74, 6) is -0.133. The molecule has 4 nitrogen and oxygen atoms in total.